The van der Waals surface area contributed by atoms with Crippen LogP contribution in [0.2, 0.25) is 0 Å². The molecule has 1 heterocycles. The topological polar surface area (TPSA) is 22.1 Å². The molecule has 1 aromatic heterocycles. The van der Waals surface area contributed by atoms with E-state index in [1.807, 2.05) is 36.4 Å². The van der Waals surface area contributed by atoms with Gasteiger partial charge in [-0.3, -0.25) is 0 Å². The highest BCUT2D eigenvalue weighted by Gasteiger charge is 2.04. The van der Waals surface area contributed by atoms with Gasteiger partial charge in [-0.15, -0.1) is 11.6 Å². The first-order valence-electron chi connectivity index (χ1n) is 4.73. The number of hydrogen-bond donors (Lipinski definition) is 0. The number of nitrogens with zero attached hydrogens (tertiary/aromatic N) is 1. The molecule has 2 rings (SSSR count). The number of aromatic nitrogens is 1. The summed E-state index contributed by atoms with van der Waals surface area (Å²) in [6.07, 6.45) is 1.68. The van der Waals surface area contributed by atoms with Gasteiger partial charge >= 0.3 is 0 Å². The molecule has 4 heteroatoms. The lowest BCUT2D eigenvalue weighted by atomic mass is 10.3. The average molecular weight is 299 g/mol. The van der Waals surface area contributed by atoms with Crippen molar-refractivity contribution in [1.29, 1.82) is 0 Å². The fourth-order valence-corrected chi connectivity index (χ4v) is 1.70. The van der Waals surface area contributed by atoms with E-state index in [1.165, 1.54) is 0 Å². The predicted octanol–water partition coefficient (Wildman–Crippen LogP) is 4.38. The number of halogens is 2. The number of rotatable bonds is 3. The summed E-state index contributed by atoms with van der Waals surface area (Å²) >= 11 is 9.16. The third-order valence-electron chi connectivity index (χ3n) is 2.02. The van der Waals surface area contributed by atoms with E-state index in [0.717, 1.165) is 15.8 Å². The Morgan fingerprint density at radius 2 is 1.94 bits per heavy atom. The first-order chi connectivity index (χ1) is 7.79. The van der Waals surface area contributed by atoms with Gasteiger partial charge < -0.3 is 4.74 Å². The van der Waals surface area contributed by atoms with E-state index in [-0.39, 0.29) is 0 Å². The Balaban J connectivity index is 2.23. The van der Waals surface area contributed by atoms with Crippen LogP contribution in [0.3, 0.4) is 0 Å². The molecule has 0 amide bonds. The zero-order valence-corrected chi connectivity index (χ0v) is 10.7. The minimum absolute atomic E-state index is 0.389. The molecule has 16 heavy (non-hydrogen) atoms. The summed E-state index contributed by atoms with van der Waals surface area (Å²) in [5.41, 5.74) is 0.882. The van der Waals surface area contributed by atoms with Gasteiger partial charge in [-0.25, -0.2) is 4.98 Å². The lowest BCUT2D eigenvalue weighted by Crippen LogP contribution is -1.92. The van der Waals surface area contributed by atoms with Crippen LogP contribution in [0.25, 0.3) is 0 Å². The van der Waals surface area contributed by atoms with Crippen molar-refractivity contribution in [3.05, 3.63) is 52.6 Å². The van der Waals surface area contributed by atoms with E-state index in [4.69, 9.17) is 16.3 Å². The molecule has 0 aliphatic rings. The highest BCUT2D eigenvalue weighted by molar-refractivity contribution is 9.10. The van der Waals surface area contributed by atoms with Crippen LogP contribution in [0, 0.1) is 0 Å². The number of ether oxygens (including phenoxy) is 1. The molecule has 0 atom stereocenters. The lowest BCUT2D eigenvalue weighted by Gasteiger charge is -2.07. The molecule has 0 N–H and O–H groups in total. The zero-order valence-electron chi connectivity index (χ0n) is 8.36. The molecule has 0 aliphatic carbocycles. The molecule has 0 saturated heterocycles. The number of benzene rings is 1. The van der Waals surface area contributed by atoms with Crippen LogP contribution in [0.1, 0.15) is 5.56 Å². The minimum atomic E-state index is 0.389. The molecule has 82 valence electrons. The van der Waals surface area contributed by atoms with Gasteiger partial charge in [0.2, 0.25) is 5.88 Å². The molecule has 2 nitrogen and oxygen atoms in total. The van der Waals surface area contributed by atoms with E-state index in [0.29, 0.717) is 11.8 Å². The van der Waals surface area contributed by atoms with Crippen LogP contribution in [-0.2, 0) is 5.88 Å². The summed E-state index contributed by atoms with van der Waals surface area (Å²) in [6, 6.07) is 11.3. The number of hydrogen-bond acceptors (Lipinski definition) is 2. The quantitative estimate of drug-likeness (QED) is 0.785. The normalized spacial score (nSPS) is 10.1. The van der Waals surface area contributed by atoms with Gasteiger partial charge in [0.15, 0.2) is 0 Å². The van der Waals surface area contributed by atoms with E-state index < -0.39 is 0 Å². The largest absolute Gasteiger partial charge is 0.439 e. The molecule has 2 aromatic rings. The highest BCUT2D eigenvalue weighted by Crippen LogP contribution is 2.25. The average Bonchev–Trinajstić information content (AvgIpc) is 2.33. The van der Waals surface area contributed by atoms with Crippen LogP contribution >= 0.6 is 27.5 Å². The Labute approximate surface area is 107 Å². The summed E-state index contributed by atoms with van der Waals surface area (Å²) in [6.45, 7) is 0. The third kappa shape index (κ3) is 2.74. The molecular weight excluding hydrogens is 289 g/mol. The fraction of sp³-hybridized carbons (Fsp3) is 0.0833. The van der Waals surface area contributed by atoms with Crippen molar-refractivity contribution >= 4 is 27.5 Å². The molecule has 0 radical (unpaired) electrons. The summed E-state index contributed by atoms with van der Waals surface area (Å²) in [4.78, 5) is 4.15. The summed E-state index contributed by atoms with van der Waals surface area (Å²) < 4.78 is 6.65. The van der Waals surface area contributed by atoms with Crippen LogP contribution in [0.15, 0.2) is 47.1 Å². The monoisotopic (exact) mass is 297 g/mol. The minimum Gasteiger partial charge on any atom is -0.439 e. The van der Waals surface area contributed by atoms with Crippen molar-refractivity contribution in [3.8, 4) is 11.6 Å². The van der Waals surface area contributed by atoms with Gasteiger partial charge in [0.25, 0.3) is 0 Å². The zero-order chi connectivity index (χ0) is 11.4. The Kier molecular flexibility index (Phi) is 3.80. The molecule has 1 aromatic carbocycles. The molecule has 0 unspecified atom stereocenters. The Morgan fingerprint density at radius 1 is 1.19 bits per heavy atom. The first kappa shape index (κ1) is 11.4. The second-order valence-corrected chi connectivity index (χ2v) is 4.34. The Morgan fingerprint density at radius 3 is 2.62 bits per heavy atom. The molecule has 0 fully saturated rings. The SMILES string of the molecule is ClCc1cccnc1Oc1ccc(Br)cc1. The maximum absolute atomic E-state index is 5.80. The van der Waals surface area contributed by atoms with Gasteiger partial charge in [-0.05, 0) is 30.3 Å². The standard InChI is InChI=1S/C12H9BrClNO/c13-10-3-5-11(6-4-10)16-12-9(8-14)2-1-7-15-12/h1-7H,8H2. The van der Waals surface area contributed by atoms with E-state index >= 15 is 0 Å². The Bertz CT molecular complexity index is 473. The van der Waals surface area contributed by atoms with Crippen LogP contribution in [-0.4, -0.2) is 4.98 Å². The van der Waals surface area contributed by atoms with Gasteiger partial charge in [0, 0.05) is 16.2 Å². The van der Waals surface area contributed by atoms with Crippen molar-refractivity contribution in [2.75, 3.05) is 0 Å². The number of alkyl halides is 1. The van der Waals surface area contributed by atoms with Crippen molar-refractivity contribution in [2.24, 2.45) is 0 Å². The molecule has 0 saturated carbocycles. The van der Waals surface area contributed by atoms with Crippen molar-refractivity contribution < 1.29 is 4.74 Å². The van der Waals surface area contributed by atoms with Crippen LogP contribution in [0.4, 0.5) is 0 Å². The van der Waals surface area contributed by atoms with Crippen LogP contribution < -0.4 is 4.74 Å². The molecular formula is C12H9BrClNO. The van der Waals surface area contributed by atoms with E-state index in [2.05, 4.69) is 20.9 Å². The first-order valence-corrected chi connectivity index (χ1v) is 6.05. The second kappa shape index (κ2) is 5.32. The molecule has 0 aliphatic heterocycles. The smallest absolute Gasteiger partial charge is 0.223 e. The Hall–Kier alpha value is -1.06. The highest BCUT2D eigenvalue weighted by atomic mass is 79.9. The third-order valence-corrected chi connectivity index (χ3v) is 2.84. The van der Waals surface area contributed by atoms with Gasteiger partial charge in [0.1, 0.15) is 5.75 Å². The van der Waals surface area contributed by atoms with E-state index in [9.17, 15) is 0 Å². The van der Waals surface area contributed by atoms with Gasteiger partial charge in [-0.2, -0.15) is 0 Å². The number of pyridine rings is 1. The van der Waals surface area contributed by atoms with Crippen LogP contribution in [0.5, 0.6) is 11.6 Å². The maximum Gasteiger partial charge on any atom is 0.223 e. The molecule has 0 spiro atoms. The van der Waals surface area contributed by atoms with E-state index in [1.54, 1.807) is 6.20 Å². The second-order valence-electron chi connectivity index (χ2n) is 3.16. The predicted molar refractivity (Wildman–Crippen MR) is 68.0 cm³/mol. The summed E-state index contributed by atoms with van der Waals surface area (Å²) in [7, 11) is 0. The summed E-state index contributed by atoms with van der Waals surface area (Å²) in [5, 5.41) is 0. The van der Waals surface area contributed by atoms with Gasteiger partial charge in [0.05, 0.1) is 5.88 Å². The van der Waals surface area contributed by atoms with Crippen molar-refractivity contribution in [1.82, 2.24) is 4.98 Å². The van der Waals surface area contributed by atoms with Crippen molar-refractivity contribution in [2.45, 2.75) is 5.88 Å². The maximum atomic E-state index is 5.80. The molecule has 0 bridgehead atoms. The summed E-state index contributed by atoms with van der Waals surface area (Å²) in [5.74, 6) is 1.69. The van der Waals surface area contributed by atoms with Crippen molar-refractivity contribution in [3.63, 3.8) is 0 Å². The fourth-order valence-electron chi connectivity index (χ4n) is 1.23. The van der Waals surface area contributed by atoms with Gasteiger partial charge in [-0.1, -0.05) is 22.0 Å². The lowest BCUT2D eigenvalue weighted by molar-refractivity contribution is 0.458.